The second kappa shape index (κ2) is 3.61. The number of thiazole rings is 1. The van der Waals surface area contributed by atoms with Crippen molar-refractivity contribution in [3.8, 4) is 6.07 Å². The monoisotopic (exact) mass is 220 g/mol. The Kier molecular flexibility index (Phi) is 2.56. The Balaban J connectivity index is 2.27. The molecular weight excluding hydrogens is 204 g/mol. The van der Waals surface area contributed by atoms with Crippen LogP contribution in [0.4, 0.5) is 0 Å². The van der Waals surface area contributed by atoms with Crippen LogP contribution in [0.3, 0.4) is 0 Å². The maximum absolute atomic E-state index is 9.15. The van der Waals surface area contributed by atoms with Gasteiger partial charge in [0, 0.05) is 11.3 Å². The number of rotatable bonds is 3. The highest BCUT2D eigenvalue weighted by atomic mass is 32.1. The van der Waals surface area contributed by atoms with Crippen molar-refractivity contribution in [3.63, 3.8) is 0 Å². The van der Waals surface area contributed by atoms with Crippen LogP contribution < -0.4 is 0 Å². The van der Waals surface area contributed by atoms with Crippen LogP contribution in [-0.2, 0) is 11.8 Å². The zero-order valence-corrected chi connectivity index (χ0v) is 10.3. The van der Waals surface area contributed by atoms with E-state index in [4.69, 9.17) is 5.26 Å². The summed E-state index contributed by atoms with van der Waals surface area (Å²) in [6, 6.07) is 2.45. The quantitative estimate of drug-likeness (QED) is 0.784. The Morgan fingerprint density at radius 1 is 1.53 bits per heavy atom. The van der Waals surface area contributed by atoms with E-state index in [2.05, 4.69) is 24.9 Å². The smallest absolute Gasteiger partial charge is 0.0934 e. The molecule has 1 heterocycles. The molecule has 0 unspecified atom stereocenters. The number of aromatic nitrogens is 1. The molecule has 0 radical (unpaired) electrons. The van der Waals surface area contributed by atoms with E-state index in [1.807, 2.05) is 6.92 Å². The third kappa shape index (κ3) is 1.91. The molecule has 0 aromatic carbocycles. The summed E-state index contributed by atoms with van der Waals surface area (Å²) in [5.74, 6) is 0.639. The van der Waals surface area contributed by atoms with E-state index in [0.717, 1.165) is 25.0 Å². The van der Waals surface area contributed by atoms with Crippen molar-refractivity contribution in [3.05, 3.63) is 15.6 Å². The van der Waals surface area contributed by atoms with Crippen LogP contribution in [0.25, 0.3) is 0 Å². The summed E-state index contributed by atoms with van der Waals surface area (Å²) in [7, 11) is 0. The molecule has 0 N–H and O–H groups in total. The molecule has 3 heteroatoms. The minimum absolute atomic E-state index is 0.156. The minimum atomic E-state index is -0.156. The van der Waals surface area contributed by atoms with E-state index in [0.29, 0.717) is 5.92 Å². The van der Waals surface area contributed by atoms with Gasteiger partial charge in [0.05, 0.1) is 22.2 Å². The van der Waals surface area contributed by atoms with Crippen molar-refractivity contribution in [1.29, 1.82) is 5.26 Å². The summed E-state index contributed by atoms with van der Waals surface area (Å²) >= 11 is 1.75. The lowest BCUT2D eigenvalue weighted by atomic mass is 10.1. The molecule has 15 heavy (non-hydrogen) atoms. The average Bonchev–Trinajstić information content (AvgIpc) is 2.86. The predicted octanol–water partition coefficient (Wildman–Crippen LogP) is 3.21. The van der Waals surface area contributed by atoms with Crippen LogP contribution in [0.1, 0.15) is 42.3 Å². The summed E-state index contributed by atoms with van der Waals surface area (Å²) in [6.07, 6.45) is 3.08. The molecule has 80 valence electrons. The second-order valence-corrected chi connectivity index (χ2v) is 5.90. The first-order chi connectivity index (χ1) is 7.07. The van der Waals surface area contributed by atoms with Crippen molar-refractivity contribution >= 4 is 11.3 Å². The van der Waals surface area contributed by atoms with E-state index in [9.17, 15) is 0 Å². The summed E-state index contributed by atoms with van der Waals surface area (Å²) in [5, 5.41) is 10.3. The van der Waals surface area contributed by atoms with Gasteiger partial charge in [-0.3, -0.25) is 0 Å². The maximum Gasteiger partial charge on any atom is 0.0934 e. The first-order valence-corrected chi connectivity index (χ1v) is 6.27. The fourth-order valence-corrected chi connectivity index (χ4v) is 3.32. The lowest BCUT2D eigenvalue weighted by Gasteiger charge is -2.01. The van der Waals surface area contributed by atoms with E-state index in [1.54, 1.807) is 11.3 Å². The van der Waals surface area contributed by atoms with Gasteiger partial charge in [-0.15, -0.1) is 11.3 Å². The topological polar surface area (TPSA) is 36.7 Å². The molecule has 0 amide bonds. The van der Waals surface area contributed by atoms with Crippen LogP contribution in [0.15, 0.2) is 0 Å². The number of hydrogen-bond donors (Lipinski definition) is 0. The number of nitriles is 1. The second-order valence-electron chi connectivity index (χ2n) is 4.81. The van der Waals surface area contributed by atoms with Gasteiger partial charge in [0.25, 0.3) is 0 Å². The molecule has 0 saturated heterocycles. The third-order valence-corrected chi connectivity index (χ3v) is 4.21. The van der Waals surface area contributed by atoms with Gasteiger partial charge in [0.1, 0.15) is 0 Å². The Morgan fingerprint density at radius 3 is 2.67 bits per heavy atom. The lowest BCUT2D eigenvalue weighted by Crippen LogP contribution is -2.01. The van der Waals surface area contributed by atoms with Crippen molar-refractivity contribution in [2.45, 2.75) is 45.4 Å². The molecule has 0 aliphatic heterocycles. The van der Waals surface area contributed by atoms with Crippen molar-refractivity contribution in [2.75, 3.05) is 0 Å². The molecule has 2 rings (SSSR count). The van der Waals surface area contributed by atoms with E-state index in [-0.39, 0.29) is 5.41 Å². The number of nitrogens with zero attached hydrogens (tertiary/aromatic N) is 2. The third-order valence-electron chi connectivity index (χ3n) is 2.82. The molecule has 1 fully saturated rings. The van der Waals surface area contributed by atoms with Crippen LogP contribution in [0.2, 0.25) is 0 Å². The van der Waals surface area contributed by atoms with Gasteiger partial charge in [-0.2, -0.15) is 5.26 Å². The minimum Gasteiger partial charge on any atom is -0.246 e. The standard InChI is InChI=1S/C12H16N2S/c1-8(2)6-10-14-9(3)11(15-10)12(7-13)4-5-12/h8H,4-6H2,1-3H3. The van der Waals surface area contributed by atoms with Gasteiger partial charge in [0.2, 0.25) is 0 Å². The largest absolute Gasteiger partial charge is 0.246 e. The molecule has 1 aromatic heterocycles. The number of hydrogen-bond acceptors (Lipinski definition) is 3. The molecular formula is C12H16N2S. The van der Waals surface area contributed by atoms with Crippen molar-refractivity contribution in [1.82, 2.24) is 4.98 Å². The predicted molar refractivity (Wildman–Crippen MR) is 61.9 cm³/mol. The normalized spacial score (nSPS) is 17.8. The SMILES string of the molecule is Cc1nc(CC(C)C)sc1C1(C#N)CC1. The summed E-state index contributed by atoms with van der Waals surface area (Å²) in [5.41, 5.74) is 0.923. The van der Waals surface area contributed by atoms with Crippen LogP contribution >= 0.6 is 11.3 Å². The Morgan fingerprint density at radius 2 is 2.20 bits per heavy atom. The van der Waals surface area contributed by atoms with Crippen LogP contribution in [-0.4, -0.2) is 4.98 Å². The van der Waals surface area contributed by atoms with Gasteiger partial charge in [-0.05, 0) is 25.7 Å². The molecule has 2 nitrogen and oxygen atoms in total. The Labute approximate surface area is 95.0 Å². The van der Waals surface area contributed by atoms with Gasteiger partial charge in [0.15, 0.2) is 0 Å². The van der Waals surface area contributed by atoms with Crippen molar-refractivity contribution < 1.29 is 0 Å². The average molecular weight is 220 g/mol. The highest BCUT2D eigenvalue weighted by Gasteiger charge is 2.47. The van der Waals surface area contributed by atoms with Gasteiger partial charge >= 0.3 is 0 Å². The zero-order valence-electron chi connectivity index (χ0n) is 9.50. The zero-order chi connectivity index (χ0) is 11.1. The fourth-order valence-electron chi connectivity index (χ4n) is 1.85. The summed E-state index contributed by atoms with van der Waals surface area (Å²) in [4.78, 5) is 5.80. The van der Waals surface area contributed by atoms with E-state index in [1.165, 1.54) is 9.88 Å². The maximum atomic E-state index is 9.15. The summed E-state index contributed by atoms with van der Waals surface area (Å²) < 4.78 is 0. The molecule has 0 bridgehead atoms. The highest BCUT2D eigenvalue weighted by Crippen LogP contribution is 2.50. The van der Waals surface area contributed by atoms with Crippen molar-refractivity contribution in [2.24, 2.45) is 5.92 Å². The summed E-state index contributed by atoms with van der Waals surface area (Å²) in [6.45, 7) is 6.44. The Hall–Kier alpha value is -0.880. The number of aryl methyl sites for hydroxylation is 1. The lowest BCUT2D eigenvalue weighted by molar-refractivity contribution is 0.643. The molecule has 1 aromatic rings. The van der Waals surface area contributed by atoms with Gasteiger partial charge < -0.3 is 0 Å². The van der Waals surface area contributed by atoms with Crippen LogP contribution in [0.5, 0.6) is 0 Å². The molecule has 0 spiro atoms. The van der Waals surface area contributed by atoms with Crippen LogP contribution in [0, 0.1) is 24.2 Å². The molecule has 1 aliphatic rings. The molecule has 0 atom stereocenters. The first kappa shape index (κ1) is 10.6. The first-order valence-electron chi connectivity index (χ1n) is 5.45. The molecule has 1 saturated carbocycles. The van der Waals surface area contributed by atoms with Gasteiger partial charge in [-0.25, -0.2) is 4.98 Å². The fraction of sp³-hybridized carbons (Fsp3) is 0.667. The molecule has 1 aliphatic carbocycles. The van der Waals surface area contributed by atoms with E-state index < -0.39 is 0 Å². The van der Waals surface area contributed by atoms with E-state index >= 15 is 0 Å². The Bertz CT molecular complexity index is 408. The van der Waals surface area contributed by atoms with Gasteiger partial charge in [-0.1, -0.05) is 13.8 Å². The highest BCUT2D eigenvalue weighted by molar-refractivity contribution is 7.12.